The molecule has 0 radical (unpaired) electrons. The molecule has 0 N–H and O–H groups in total. The highest BCUT2D eigenvalue weighted by Crippen LogP contribution is 2.44. The van der Waals surface area contributed by atoms with E-state index >= 15 is 0 Å². The van der Waals surface area contributed by atoms with Gasteiger partial charge in [-0.2, -0.15) is 20.2 Å². The number of para-hydroxylation sites is 2. The van der Waals surface area contributed by atoms with Gasteiger partial charge in [0.2, 0.25) is 0 Å². The Morgan fingerprint density at radius 1 is 0.667 bits per heavy atom. The van der Waals surface area contributed by atoms with Gasteiger partial charge in [-0.25, -0.2) is 0 Å². The minimum atomic E-state index is -0.628. The Balaban J connectivity index is 1.59. The van der Waals surface area contributed by atoms with Gasteiger partial charge in [0.25, 0.3) is 11.8 Å². The third-order valence-electron chi connectivity index (χ3n) is 6.50. The topological polar surface area (TPSA) is 65.3 Å². The molecule has 2 atom stereocenters. The lowest BCUT2D eigenvalue weighted by atomic mass is 9.73. The summed E-state index contributed by atoms with van der Waals surface area (Å²) in [6.07, 6.45) is 0. The summed E-state index contributed by atoms with van der Waals surface area (Å²) < 4.78 is 2.46. The van der Waals surface area contributed by atoms with Crippen LogP contribution in [-0.2, 0) is 9.59 Å². The van der Waals surface area contributed by atoms with Crippen molar-refractivity contribution in [3.05, 3.63) is 91.8 Å². The van der Waals surface area contributed by atoms with Crippen molar-refractivity contribution in [2.75, 3.05) is 10.0 Å². The number of hydrazone groups is 2. The van der Waals surface area contributed by atoms with Gasteiger partial charge in [0.05, 0.1) is 23.2 Å². The lowest BCUT2D eigenvalue weighted by Gasteiger charge is -2.29. The second kappa shape index (κ2) is 10.0. The fourth-order valence-electron chi connectivity index (χ4n) is 4.84. The Morgan fingerprint density at radius 2 is 1.08 bits per heavy atom. The number of rotatable bonds is 5. The molecule has 0 bridgehead atoms. The zero-order valence-electron chi connectivity index (χ0n) is 19.4. The molecule has 2 aliphatic rings. The molecular weight excluding hydrogens is 652 g/mol. The molecule has 2 amide bonds. The number of hydrogen-bond acceptors (Lipinski definition) is 4. The molecule has 0 fully saturated rings. The minimum absolute atomic E-state index is 0.174. The van der Waals surface area contributed by atoms with Crippen molar-refractivity contribution >= 4 is 82.4 Å². The molecule has 2 aliphatic heterocycles. The number of anilines is 2. The Labute approximate surface area is 234 Å². The van der Waals surface area contributed by atoms with Crippen LogP contribution in [0.25, 0.3) is 0 Å². The number of nitrogens with zero attached hydrogens (tertiary/aromatic N) is 4. The summed E-state index contributed by atoms with van der Waals surface area (Å²) in [4.78, 5) is 27.9. The van der Waals surface area contributed by atoms with E-state index in [1.165, 1.54) is 10.0 Å². The van der Waals surface area contributed by atoms with Crippen LogP contribution in [0.3, 0.4) is 0 Å². The van der Waals surface area contributed by atoms with Crippen LogP contribution in [0, 0.1) is 11.8 Å². The number of halogens is 3. The van der Waals surface area contributed by atoms with Crippen molar-refractivity contribution in [1.82, 2.24) is 0 Å². The quantitative estimate of drug-likeness (QED) is 0.289. The molecule has 0 saturated carbocycles. The number of hydrogen-bond donors (Lipinski definition) is 0. The van der Waals surface area contributed by atoms with Crippen LogP contribution in [0.4, 0.5) is 11.4 Å². The maximum absolute atomic E-state index is 13.9. The Bertz CT molecular complexity index is 1340. The first kappa shape index (κ1) is 25.0. The van der Waals surface area contributed by atoms with Gasteiger partial charge in [-0.1, -0.05) is 52.3 Å². The number of benzene rings is 3. The van der Waals surface area contributed by atoms with Crippen LogP contribution in [0.2, 0.25) is 0 Å². The Kier molecular flexibility index (Phi) is 6.98. The molecule has 0 saturated heterocycles. The third-order valence-corrected chi connectivity index (χ3v) is 8.37. The fraction of sp³-hybridized carbons (Fsp3) is 0.185. The second-order valence-electron chi connectivity index (χ2n) is 8.72. The minimum Gasteiger partial charge on any atom is -0.272 e. The van der Waals surface area contributed by atoms with E-state index in [2.05, 4.69) is 58.0 Å². The highest BCUT2D eigenvalue weighted by molar-refractivity contribution is 9.11. The van der Waals surface area contributed by atoms with Gasteiger partial charge in [0.1, 0.15) is 0 Å². The summed E-state index contributed by atoms with van der Waals surface area (Å²) in [5.41, 5.74) is 3.52. The van der Waals surface area contributed by atoms with E-state index < -0.39 is 17.8 Å². The van der Waals surface area contributed by atoms with Crippen LogP contribution in [0.1, 0.15) is 25.3 Å². The zero-order chi connectivity index (χ0) is 25.6. The van der Waals surface area contributed by atoms with Gasteiger partial charge >= 0.3 is 0 Å². The highest BCUT2D eigenvalue weighted by Gasteiger charge is 2.50. The monoisotopic (exact) mass is 670 g/mol. The average Bonchev–Trinajstić information content (AvgIpc) is 3.31. The fourth-order valence-corrected chi connectivity index (χ4v) is 6.01. The van der Waals surface area contributed by atoms with Gasteiger partial charge in [-0.05, 0) is 87.7 Å². The van der Waals surface area contributed by atoms with Crippen LogP contribution in [0.5, 0.6) is 0 Å². The lowest BCUT2D eigenvalue weighted by molar-refractivity contribution is -0.122. The van der Waals surface area contributed by atoms with Crippen molar-refractivity contribution in [2.45, 2.75) is 19.8 Å². The summed E-state index contributed by atoms with van der Waals surface area (Å²) in [5, 5.41) is 12.2. The molecule has 2 heterocycles. The molecule has 3 aromatic rings. The van der Waals surface area contributed by atoms with E-state index in [9.17, 15) is 9.59 Å². The van der Waals surface area contributed by atoms with Gasteiger partial charge < -0.3 is 0 Å². The van der Waals surface area contributed by atoms with Gasteiger partial charge in [-0.3, -0.25) is 9.59 Å². The summed E-state index contributed by atoms with van der Waals surface area (Å²) in [5.74, 6) is -2.09. The van der Waals surface area contributed by atoms with Crippen molar-refractivity contribution in [2.24, 2.45) is 22.0 Å². The first-order valence-corrected chi connectivity index (χ1v) is 13.7. The van der Waals surface area contributed by atoms with Crippen LogP contribution in [0.15, 0.2) is 96.4 Å². The SMILES string of the molecule is CC1=NN(c2ccccc2Br)C(=O)[C@@H]1C(c1ccc(Br)cc1)[C@H]1C(=O)N(c2ccccc2Br)N=C1C. The summed E-state index contributed by atoms with van der Waals surface area (Å²) in [7, 11) is 0. The molecule has 9 heteroatoms. The highest BCUT2D eigenvalue weighted by atomic mass is 79.9. The number of carbonyl (C=O) groups is 2. The molecular formula is C27H21Br3N4O2. The smallest absolute Gasteiger partial charge is 0.256 e. The van der Waals surface area contributed by atoms with Crippen molar-refractivity contribution in [3.8, 4) is 0 Å². The van der Waals surface area contributed by atoms with Crippen LogP contribution >= 0.6 is 47.8 Å². The predicted molar refractivity (Wildman–Crippen MR) is 153 cm³/mol. The van der Waals surface area contributed by atoms with E-state index in [1.807, 2.05) is 86.6 Å². The molecule has 0 aliphatic carbocycles. The molecule has 6 nitrogen and oxygen atoms in total. The number of amides is 2. The zero-order valence-corrected chi connectivity index (χ0v) is 24.2. The van der Waals surface area contributed by atoms with Crippen molar-refractivity contribution in [1.29, 1.82) is 0 Å². The van der Waals surface area contributed by atoms with Crippen LogP contribution < -0.4 is 10.0 Å². The maximum atomic E-state index is 13.9. The lowest BCUT2D eigenvalue weighted by Crippen LogP contribution is -2.40. The second-order valence-corrected chi connectivity index (χ2v) is 11.3. The molecule has 0 unspecified atom stereocenters. The summed E-state index contributed by atoms with van der Waals surface area (Å²) in [6.45, 7) is 3.70. The standard InChI is InChI=1S/C27H21Br3N4O2/c1-15-23(26(35)33(31-15)21-9-5-3-7-19(21)29)25(17-11-13-18(28)14-12-17)24-16(2)32-34(27(24)36)22-10-6-4-8-20(22)30/h3-14,23-25H,1-2H3/t23-,24-/m0/s1. The van der Waals surface area contributed by atoms with Gasteiger partial charge in [0, 0.05) is 30.8 Å². The summed E-state index contributed by atoms with van der Waals surface area (Å²) >= 11 is 10.6. The molecule has 36 heavy (non-hydrogen) atoms. The van der Waals surface area contributed by atoms with E-state index in [0.717, 1.165) is 19.0 Å². The van der Waals surface area contributed by atoms with Crippen molar-refractivity contribution in [3.63, 3.8) is 0 Å². The Morgan fingerprint density at radius 3 is 1.50 bits per heavy atom. The van der Waals surface area contributed by atoms with E-state index in [0.29, 0.717) is 22.8 Å². The van der Waals surface area contributed by atoms with E-state index in [4.69, 9.17) is 0 Å². The van der Waals surface area contributed by atoms with E-state index in [-0.39, 0.29) is 11.8 Å². The molecule has 0 aromatic heterocycles. The predicted octanol–water partition coefficient (Wildman–Crippen LogP) is 7.14. The normalized spacial score (nSPS) is 19.8. The largest absolute Gasteiger partial charge is 0.272 e. The third kappa shape index (κ3) is 4.37. The van der Waals surface area contributed by atoms with Crippen LogP contribution in [-0.4, -0.2) is 23.2 Å². The van der Waals surface area contributed by atoms with Crippen molar-refractivity contribution < 1.29 is 9.59 Å². The average molecular weight is 673 g/mol. The Hall–Kier alpha value is -2.62. The molecule has 182 valence electrons. The maximum Gasteiger partial charge on any atom is 0.256 e. The molecule has 0 spiro atoms. The molecule has 5 rings (SSSR count). The van der Waals surface area contributed by atoms with Gasteiger partial charge in [0.15, 0.2) is 0 Å². The van der Waals surface area contributed by atoms with Gasteiger partial charge in [-0.15, -0.1) is 0 Å². The number of carbonyl (C=O) groups excluding carboxylic acids is 2. The molecule has 3 aromatic carbocycles. The first-order valence-electron chi connectivity index (χ1n) is 11.3. The van der Waals surface area contributed by atoms with E-state index in [1.54, 1.807) is 0 Å². The first-order chi connectivity index (χ1) is 17.3. The summed E-state index contributed by atoms with van der Waals surface area (Å²) in [6, 6.07) is 22.7.